The number of nitrogens with one attached hydrogen (secondary N) is 1. The lowest BCUT2D eigenvalue weighted by molar-refractivity contribution is -0.129. The average molecular weight is 327 g/mol. The number of halogens is 2. The molecule has 2 aliphatic heterocycles. The van der Waals surface area contributed by atoms with Gasteiger partial charge in [0.1, 0.15) is 5.82 Å². The van der Waals surface area contributed by atoms with Crippen molar-refractivity contribution in [3.63, 3.8) is 0 Å². The van der Waals surface area contributed by atoms with Crippen molar-refractivity contribution in [1.82, 2.24) is 10.2 Å². The molecule has 0 aromatic heterocycles. The van der Waals surface area contributed by atoms with E-state index in [4.69, 9.17) is 16.3 Å². The summed E-state index contributed by atoms with van der Waals surface area (Å²) in [4.78, 5) is 14.4. The molecule has 3 rings (SSSR count). The lowest BCUT2D eigenvalue weighted by Crippen LogP contribution is -2.51. The number of nitrogens with zero attached hydrogens (tertiary/aromatic N) is 1. The van der Waals surface area contributed by atoms with Crippen LogP contribution in [0.4, 0.5) is 4.39 Å². The smallest absolute Gasteiger partial charge is 0.237 e. The van der Waals surface area contributed by atoms with Crippen LogP contribution in [-0.2, 0) is 9.53 Å². The number of carbonyl (C=O) groups excluding carboxylic acids is 1. The molecule has 0 unspecified atom stereocenters. The van der Waals surface area contributed by atoms with Crippen molar-refractivity contribution >= 4 is 17.5 Å². The van der Waals surface area contributed by atoms with Crippen molar-refractivity contribution in [2.24, 2.45) is 0 Å². The van der Waals surface area contributed by atoms with Crippen LogP contribution in [0.2, 0.25) is 5.02 Å². The maximum Gasteiger partial charge on any atom is 0.237 e. The Kier molecular flexibility index (Phi) is 4.96. The molecule has 4 nitrogen and oxygen atoms in total. The summed E-state index contributed by atoms with van der Waals surface area (Å²) in [5.74, 6) is -0.257. The van der Waals surface area contributed by atoms with Crippen LogP contribution in [0.25, 0.3) is 0 Å². The van der Waals surface area contributed by atoms with E-state index in [-0.39, 0.29) is 23.9 Å². The summed E-state index contributed by atoms with van der Waals surface area (Å²) in [6.07, 6.45) is 2.72. The number of rotatable bonds is 2. The first-order chi connectivity index (χ1) is 10.6. The predicted octanol–water partition coefficient (Wildman–Crippen LogP) is 2.52. The molecular formula is C16H20ClFN2O2. The molecule has 0 saturated carbocycles. The fourth-order valence-electron chi connectivity index (χ4n) is 3.17. The van der Waals surface area contributed by atoms with E-state index in [1.165, 1.54) is 12.1 Å². The molecule has 1 aromatic rings. The van der Waals surface area contributed by atoms with Crippen LogP contribution in [0.5, 0.6) is 0 Å². The van der Waals surface area contributed by atoms with Crippen LogP contribution in [0.15, 0.2) is 18.2 Å². The minimum atomic E-state index is -0.357. The lowest BCUT2D eigenvalue weighted by atomic mass is 10.0. The van der Waals surface area contributed by atoms with Gasteiger partial charge < -0.3 is 10.1 Å². The van der Waals surface area contributed by atoms with E-state index < -0.39 is 0 Å². The van der Waals surface area contributed by atoms with Gasteiger partial charge in [-0.25, -0.2) is 4.39 Å². The number of hydrogen-bond acceptors (Lipinski definition) is 3. The summed E-state index contributed by atoms with van der Waals surface area (Å²) >= 11 is 6.13. The molecule has 2 saturated heterocycles. The third-order valence-electron chi connectivity index (χ3n) is 4.35. The van der Waals surface area contributed by atoms with Gasteiger partial charge in [-0.05, 0) is 31.4 Å². The highest BCUT2D eigenvalue weighted by atomic mass is 35.5. The zero-order valence-corrected chi connectivity index (χ0v) is 13.1. The van der Waals surface area contributed by atoms with Crippen LogP contribution in [0, 0.1) is 5.82 Å². The van der Waals surface area contributed by atoms with Crippen molar-refractivity contribution in [3.05, 3.63) is 34.6 Å². The highest BCUT2D eigenvalue weighted by Gasteiger charge is 2.32. The molecule has 2 heterocycles. The van der Waals surface area contributed by atoms with Gasteiger partial charge in [-0.1, -0.05) is 17.7 Å². The molecule has 2 aliphatic rings. The Bertz CT molecular complexity index is 555. The van der Waals surface area contributed by atoms with E-state index in [2.05, 4.69) is 10.2 Å². The van der Waals surface area contributed by atoms with Crippen LogP contribution in [0.3, 0.4) is 0 Å². The third-order valence-corrected chi connectivity index (χ3v) is 4.68. The van der Waals surface area contributed by atoms with Crippen LogP contribution in [-0.4, -0.2) is 43.1 Å². The van der Waals surface area contributed by atoms with Crippen LogP contribution < -0.4 is 5.32 Å². The molecule has 1 amide bonds. The zero-order valence-electron chi connectivity index (χ0n) is 12.4. The van der Waals surface area contributed by atoms with Gasteiger partial charge in [0.2, 0.25) is 5.91 Å². The quantitative estimate of drug-likeness (QED) is 0.908. The van der Waals surface area contributed by atoms with E-state index in [1.807, 2.05) is 0 Å². The van der Waals surface area contributed by atoms with Gasteiger partial charge in [0.05, 0.1) is 18.8 Å². The summed E-state index contributed by atoms with van der Waals surface area (Å²) in [5.41, 5.74) is 0.779. The molecule has 2 atom stereocenters. The number of ether oxygens (including phenoxy) is 1. The number of morpholine rings is 1. The summed E-state index contributed by atoms with van der Waals surface area (Å²) in [6, 6.07) is 4.26. The van der Waals surface area contributed by atoms with Gasteiger partial charge >= 0.3 is 0 Å². The summed E-state index contributed by atoms with van der Waals surface area (Å²) in [6.45, 7) is 2.63. The Hall–Kier alpha value is -1.17. The van der Waals surface area contributed by atoms with Gasteiger partial charge in [0, 0.05) is 30.2 Å². The first-order valence-corrected chi connectivity index (χ1v) is 8.11. The van der Waals surface area contributed by atoms with Gasteiger partial charge in [-0.15, -0.1) is 0 Å². The first kappa shape index (κ1) is 15.7. The Morgan fingerprint density at radius 2 is 2.23 bits per heavy atom. The minimum absolute atomic E-state index is 0.100. The normalized spacial score (nSPS) is 27.3. The fourth-order valence-corrected chi connectivity index (χ4v) is 3.46. The summed E-state index contributed by atoms with van der Waals surface area (Å²) in [5, 5.41) is 3.34. The molecule has 6 heteroatoms. The molecule has 120 valence electrons. The van der Waals surface area contributed by atoms with Gasteiger partial charge in [0.25, 0.3) is 0 Å². The van der Waals surface area contributed by atoms with Crippen molar-refractivity contribution in [2.45, 2.75) is 31.4 Å². The molecule has 0 radical (unpaired) electrons. The van der Waals surface area contributed by atoms with E-state index in [0.717, 1.165) is 37.9 Å². The van der Waals surface area contributed by atoms with Crippen molar-refractivity contribution in [2.75, 3.05) is 26.2 Å². The predicted molar refractivity (Wildman–Crippen MR) is 82.3 cm³/mol. The number of hydrogen-bond donors (Lipinski definition) is 1. The van der Waals surface area contributed by atoms with Gasteiger partial charge in [-0.2, -0.15) is 0 Å². The number of amides is 1. The standard InChI is InChI=1S/C16H20ClFN2O2/c17-13-9-11(18)4-5-12(13)15-10-20(7-8-22-15)14-3-1-2-6-19-16(14)21/h4-5,9,14-15H,1-3,6-8,10H2,(H,19,21)/t14-,15-/m0/s1. The lowest BCUT2D eigenvalue weighted by Gasteiger charge is -2.37. The first-order valence-electron chi connectivity index (χ1n) is 7.73. The van der Waals surface area contributed by atoms with Gasteiger partial charge in [0.15, 0.2) is 0 Å². The minimum Gasteiger partial charge on any atom is -0.371 e. The SMILES string of the molecule is O=C1NCCCC[C@@H]1N1CCO[C@H](c2ccc(F)cc2Cl)C1. The molecule has 22 heavy (non-hydrogen) atoms. The number of carbonyl (C=O) groups is 1. The molecule has 0 aliphatic carbocycles. The zero-order chi connectivity index (χ0) is 15.5. The Labute approximate surface area is 134 Å². The molecule has 1 aromatic carbocycles. The molecule has 0 spiro atoms. The number of benzene rings is 1. The van der Waals surface area contributed by atoms with Crippen molar-refractivity contribution in [1.29, 1.82) is 0 Å². The Morgan fingerprint density at radius 1 is 1.36 bits per heavy atom. The summed E-state index contributed by atoms with van der Waals surface area (Å²) < 4.78 is 19.0. The van der Waals surface area contributed by atoms with Gasteiger partial charge in [-0.3, -0.25) is 9.69 Å². The monoisotopic (exact) mass is 326 g/mol. The third kappa shape index (κ3) is 3.42. The summed E-state index contributed by atoms with van der Waals surface area (Å²) in [7, 11) is 0. The van der Waals surface area contributed by atoms with E-state index >= 15 is 0 Å². The highest BCUT2D eigenvalue weighted by Crippen LogP contribution is 2.30. The van der Waals surface area contributed by atoms with E-state index in [1.54, 1.807) is 6.07 Å². The Morgan fingerprint density at radius 3 is 3.05 bits per heavy atom. The highest BCUT2D eigenvalue weighted by molar-refractivity contribution is 6.31. The second kappa shape index (κ2) is 6.94. The van der Waals surface area contributed by atoms with E-state index in [9.17, 15) is 9.18 Å². The molecular weight excluding hydrogens is 307 g/mol. The van der Waals surface area contributed by atoms with Crippen molar-refractivity contribution < 1.29 is 13.9 Å². The molecule has 0 bridgehead atoms. The molecule has 2 fully saturated rings. The van der Waals surface area contributed by atoms with Crippen LogP contribution in [0.1, 0.15) is 30.9 Å². The second-order valence-electron chi connectivity index (χ2n) is 5.82. The fraction of sp³-hybridized carbons (Fsp3) is 0.562. The van der Waals surface area contributed by atoms with E-state index in [0.29, 0.717) is 18.2 Å². The maximum atomic E-state index is 13.2. The largest absolute Gasteiger partial charge is 0.371 e. The second-order valence-corrected chi connectivity index (χ2v) is 6.23. The topological polar surface area (TPSA) is 41.6 Å². The van der Waals surface area contributed by atoms with Crippen molar-refractivity contribution in [3.8, 4) is 0 Å². The molecule has 1 N–H and O–H groups in total. The maximum absolute atomic E-state index is 13.2. The van der Waals surface area contributed by atoms with Crippen LogP contribution >= 0.6 is 11.6 Å². The average Bonchev–Trinajstić information content (AvgIpc) is 2.72. The Balaban J connectivity index is 1.74.